The van der Waals surface area contributed by atoms with Crippen LogP contribution in [0.3, 0.4) is 0 Å². The molecule has 0 saturated carbocycles. The molecule has 0 aliphatic carbocycles. The van der Waals surface area contributed by atoms with E-state index >= 15 is 0 Å². The molecule has 6 heteroatoms. The Morgan fingerprint density at radius 1 is 0.667 bits per heavy atom. The zero-order chi connectivity index (χ0) is 16.7. The molecule has 0 aromatic rings. The van der Waals surface area contributed by atoms with Crippen molar-refractivity contribution in [2.45, 2.75) is 59.7 Å². The molecule has 0 rings (SSSR count). The van der Waals surface area contributed by atoms with Gasteiger partial charge in [0.05, 0.1) is 0 Å². The first-order valence-corrected chi connectivity index (χ1v) is 14.5. The van der Waals surface area contributed by atoms with Crippen LogP contribution >= 0.6 is 0 Å². The van der Waals surface area contributed by atoms with Gasteiger partial charge in [0.1, 0.15) is 0 Å². The van der Waals surface area contributed by atoms with Crippen molar-refractivity contribution in [1.82, 2.24) is 0 Å². The Morgan fingerprint density at radius 2 is 0.952 bits per heavy atom. The molecule has 0 aromatic heterocycles. The van der Waals surface area contributed by atoms with Crippen LogP contribution in [-0.4, -0.2) is 29.6 Å². The molecule has 0 fully saturated rings. The summed E-state index contributed by atoms with van der Waals surface area (Å²) >= 11 is -3.82. The quantitative estimate of drug-likeness (QED) is 0.473. The van der Waals surface area contributed by atoms with Crippen molar-refractivity contribution in [2.24, 2.45) is 17.8 Å². The van der Waals surface area contributed by atoms with E-state index in [0.29, 0.717) is 17.8 Å². The van der Waals surface area contributed by atoms with Crippen LogP contribution in [0.25, 0.3) is 0 Å². The van der Waals surface area contributed by atoms with Crippen molar-refractivity contribution in [3.8, 4) is 0 Å². The van der Waals surface area contributed by atoms with Gasteiger partial charge in [-0.05, 0) is 0 Å². The van der Waals surface area contributed by atoms with Crippen LogP contribution in [0.2, 0.25) is 18.1 Å². The average molecular weight is 400 g/mol. The minimum atomic E-state index is -3.82. The molecule has 128 valence electrons. The van der Waals surface area contributed by atoms with Crippen molar-refractivity contribution >= 4 is 8.32 Å². The van der Waals surface area contributed by atoms with Gasteiger partial charge in [-0.25, -0.2) is 0 Å². The van der Waals surface area contributed by atoms with Crippen molar-refractivity contribution in [1.29, 1.82) is 0 Å². The van der Waals surface area contributed by atoms with Crippen LogP contribution in [0.15, 0.2) is 0 Å². The van der Waals surface area contributed by atoms with E-state index in [1.165, 1.54) is 0 Å². The van der Waals surface area contributed by atoms with E-state index in [1.807, 2.05) is 0 Å². The Labute approximate surface area is 139 Å². The third-order valence-corrected chi connectivity index (χ3v) is 17.5. The molecule has 21 heavy (non-hydrogen) atoms. The summed E-state index contributed by atoms with van der Waals surface area (Å²) in [6.07, 6.45) is 0. The fourth-order valence-electron chi connectivity index (χ4n) is 3.25. The third-order valence-electron chi connectivity index (χ3n) is 3.43. The van der Waals surface area contributed by atoms with E-state index in [0.717, 1.165) is 18.1 Å². The Morgan fingerprint density at radius 3 is 1.14 bits per heavy atom. The molecule has 0 aromatic carbocycles. The summed E-state index contributed by atoms with van der Waals surface area (Å²) in [6.45, 7) is 13.6. The van der Waals surface area contributed by atoms with Gasteiger partial charge in [-0.15, -0.1) is 0 Å². The van der Waals surface area contributed by atoms with Crippen LogP contribution in [-0.2, 0) is 33.0 Å². The van der Waals surface area contributed by atoms with Crippen molar-refractivity contribution < 1.29 is 33.0 Å². The summed E-state index contributed by atoms with van der Waals surface area (Å²) in [6, 6.07) is 3.41. The first kappa shape index (κ1) is 21.9. The summed E-state index contributed by atoms with van der Waals surface area (Å²) < 4.78 is 23.5. The van der Waals surface area contributed by atoms with Crippen LogP contribution in [0.4, 0.5) is 0 Å². The summed E-state index contributed by atoms with van der Waals surface area (Å²) in [5, 5.41) is 0. The average Bonchev–Trinajstić information content (AvgIpc) is 2.33. The molecule has 0 unspecified atom stereocenters. The molecule has 0 saturated heterocycles. The van der Waals surface area contributed by atoms with E-state index in [9.17, 15) is 0 Å². The van der Waals surface area contributed by atoms with E-state index in [1.54, 1.807) is 21.3 Å². The zero-order valence-corrected chi connectivity index (χ0v) is 18.9. The van der Waals surface area contributed by atoms with Crippen LogP contribution in [0.5, 0.6) is 0 Å². The molecule has 0 atom stereocenters. The predicted molar refractivity (Wildman–Crippen MR) is 86.8 cm³/mol. The monoisotopic (exact) mass is 398 g/mol. The van der Waals surface area contributed by atoms with Gasteiger partial charge in [0.15, 0.2) is 0 Å². The Bertz CT molecular complexity index is 246. The van der Waals surface area contributed by atoms with E-state index in [-0.39, 0.29) is 0 Å². The normalized spacial score (nSPS) is 13.7. The molecule has 0 radical (unpaired) electrons. The summed E-state index contributed by atoms with van der Waals surface area (Å²) in [7, 11) is 3.00. The fraction of sp³-hybridized carbons (Fsp3) is 1.00. The van der Waals surface area contributed by atoms with Gasteiger partial charge in [0.2, 0.25) is 0 Å². The van der Waals surface area contributed by atoms with Crippen LogP contribution in [0.1, 0.15) is 41.5 Å². The summed E-state index contributed by atoms with van der Waals surface area (Å²) in [5.74, 6) is 1.84. The van der Waals surface area contributed by atoms with Gasteiger partial charge in [-0.1, -0.05) is 0 Å². The molecule has 0 heterocycles. The molecule has 0 N–H and O–H groups in total. The zero-order valence-electron chi connectivity index (χ0n) is 15.5. The van der Waals surface area contributed by atoms with E-state index in [4.69, 9.17) is 10.9 Å². The molecule has 0 aliphatic heterocycles. The van der Waals surface area contributed by atoms with Crippen molar-refractivity contribution in [3.05, 3.63) is 0 Å². The van der Waals surface area contributed by atoms with Gasteiger partial charge in [0.25, 0.3) is 0 Å². The molecule has 4 nitrogen and oxygen atoms in total. The maximum absolute atomic E-state index is 6.69. The predicted octanol–water partition coefficient (Wildman–Crippen LogP) is 4.67. The Kier molecular flexibility index (Phi) is 10.4. The Hall–Kier alpha value is 0.940. The summed E-state index contributed by atoms with van der Waals surface area (Å²) in [4.78, 5) is 0. The standard InChI is InChI=1S/C12H27OSi.3CH3O.Zr/c1-10(2)7-14(13,8-11(3)4)9-12(5)6;3*1-2;/h10-12H,7-9H2,1-6H3;3*1H3;/q4*-1;+4. The molecule has 0 amide bonds. The summed E-state index contributed by atoms with van der Waals surface area (Å²) in [5.41, 5.74) is 0. The van der Waals surface area contributed by atoms with Crippen molar-refractivity contribution in [3.63, 3.8) is 0 Å². The van der Waals surface area contributed by atoms with Gasteiger partial charge < -0.3 is 0 Å². The SMILES string of the molecule is C[O][Zr]([O]C)([O]C)[O][Si](CC(C)C)(CC(C)C)CC(C)C. The van der Waals surface area contributed by atoms with E-state index in [2.05, 4.69) is 41.5 Å². The number of hydrogen-bond acceptors (Lipinski definition) is 4. The second-order valence-electron chi connectivity index (χ2n) is 7.19. The van der Waals surface area contributed by atoms with Crippen molar-refractivity contribution in [2.75, 3.05) is 21.3 Å². The topological polar surface area (TPSA) is 36.9 Å². The molecular weight excluding hydrogens is 363 g/mol. The van der Waals surface area contributed by atoms with Crippen LogP contribution in [0, 0.1) is 17.8 Å². The molecular formula is C15H36O4SiZr. The fourth-order valence-corrected chi connectivity index (χ4v) is 18.1. The second kappa shape index (κ2) is 9.94. The van der Waals surface area contributed by atoms with Gasteiger partial charge in [0, 0.05) is 0 Å². The third kappa shape index (κ3) is 7.85. The second-order valence-corrected chi connectivity index (χ2v) is 18.0. The van der Waals surface area contributed by atoms with Gasteiger partial charge >= 0.3 is 140 Å². The first-order valence-electron chi connectivity index (χ1n) is 7.99. The number of hydrogen-bond donors (Lipinski definition) is 0. The van der Waals surface area contributed by atoms with Gasteiger partial charge in [-0.3, -0.25) is 0 Å². The number of rotatable bonds is 11. The first-order chi connectivity index (χ1) is 9.64. The van der Waals surface area contributed by atoms with Gasteiger partial charge in [-0.2, -0.15) is 0 Å². The molecule has 0 spiro atoms. The minimum absolute atomic E-state index is 0.615. The maximum atomic E-state index is 6.69. The van der Waals surface area contributed by atoms with E-state index < -0.39 is 30.3 Å². The van der Waals surface area contributed by atoms with Crippen LogP contribution < -0.4 is 0 Å². The Balaban J connectivity index is 5.49. The molecule has 0 bridgehead atoms. The molecule has 0 aliphatic rings.